The number of aromatic amines is 1. The van der Waals surface area contributed by atoms with Gasteiger partial charge in [-0.25, -0.2) is 4.68 Å². The fraction of sp³-hybridized carbons (Fsp3) is 0. The van der Waals surface area contributed by atoms with Crippen LogP contribution in [0.1, 0.15) is 0 Å². The Balaban J connectivity index is 2.00. The van der Waals surface area contributed by atoms with E-state index in [-0.39, 0.29) is 0 Å². The number of para-hydroxylation sites is 1. The van der Waals surface area contributed by atoms with Crippen molar-refractivity contribution in [2.75, 3.05) is 0 Å². The Morgan fingerprint density at radius 1 is 1.00 bits per heavy atom. The first-order chi connectivity index (χ1) is 8.92. The van der Waals surface area contributed by atoms with Crippen LogP contribution in [-0.2, 0) is 0 Å². The van der Waals surface area contributed by atoms with Crippen molar-refractivity contribution >= 4 is 21.8 Å². The molecule has 4 aromatic rings. The standard InChI is InChI=1S/C14H9N4/c1-2-4-14-11(3-1)9-16-18(14)12-6-5-10-8-15-17-13(10)7-12/h1-6,8-9H,(H,15,17). The van der Waals surface area contributed by atoms with Gasteiger partial charge in [-0.15, -0.1) is 0 Å². The molecule has 4 nitrogen and oxygen atoms in total. The average Bonchev–Trinajstić information content (AvgIpc) is 3.04. The molecule has 0 amide bonds. The van der Waals surface area contributed by atoms with Gasteiger partial charge in [0.1, 0.15) is 0 Å². The molecule has 2 heterocycles. The molecular weight excluding hydrogens is 224 g/mol. The van der Waals surface area contributed by atoms with Crippen LogP contribution in [0, 0.1) is 6.07 Å². The number of aromatic nitrogens is 4. The highest BCUT2D eigenvalue weighted by atomic mass is 15.3. The summed E-state index contributed by atoms with van der Waals surface area (Å²) in [5, 5.41) is 13.5. The quantitative estimate of drug-likeness (QED) is 0.549. The van der Waals surface area contributed by atoms with Crippen molar-refractivity contribution < 1.29 is 0 Å². The Morgan fingerprint density at radius 2 is 1.94 bits per heavy atom. The van der Waals surface area contributed by atoms with Gasteiger partial charge in [-0.2, -0.15) is 10.2 Å². The van der Waals surface area contributed by atoms with Gasteiger partial charge in [-0.1, -0.05) is 18.2 Å². The first kappa shape index (κ1) is 9.41. The second kappa shape index (κ2) is 3.43. The van der Waals surface area contributed by atoms with Crippen LogP contribution in [0.4, 0.5) is 0 Å². The van der Waals surface area contributed by atoms with Crippen LogP contribution in [0.2, 0.25) is 0 Å². The molecule has 0 bridgehead atoms. The molecule has 1 radical (unpaired) electrons. The van der Waals surface area contributed by atoms with Crippen LogP contribution < -0.4 is 0 Å². The second-order valence-corrected chi connectivity index (χ2v) is 4.16. The molecule has 0 aliphatic carbocycles. The van der Waals surface area contributed by atoms with Gasteiger partial charge in [-0.05, 0) is 18.2 Å². The van der Waals surface area contributed by atoms with Crippen LogP contribution in [0.5, 0.6) is 0 Å². The molecule has 0 saturated carbocycles. The maximum absolute atomic E-state index is 4.41. The van der Waals surface area contributed by atoms with Crippen molar-refractivity contribution in [1.82, 2.24) is 20.0 Å². The van der Waals surface area contributed by atoms with E-state index in [1.807, 2.05) is 47.3 Å². The van der Waals surface area contributed by atoms with E-state index in [2.05, 4.69) is 21.4 Å². The lowest BCUT2D eigenvalue weighted by atomic mass is 10.2. The van der Waals surface area contributed by atoms with E-state index in [1.54, 1.807) is 6.20 Å². The second-order valence-electron chi connectivity index (χ2n) is 4.16. The molecule has 0 fully saturated rings. The summed E-state index contributed by atoms with van der Waals surface area (Å²) in [6, 6.07) is 15.4. The molecule has 2 aromatic carbocycles. The van der Waals surface area contributed by atoms with Gasteiger partial charge in [0.25, 0.3) is 0 Å². The van der Waals surface area contributed by atoms with E-state index in [9.17, 15) is 0 Å². The third-order valence-corrected chi connectivity index (χ3v) is 3.05. The van der Waals surface area contributed by atoms with Crippen LogP contribution in [0.15, 0.2) is 48.8 Å². The molecule has 0 atom stereocenters. The lowest BCUT2D eigenvalue weighted by molar-refractivity contribution is 0.910. The molecule has 18 heavy (non-hydrogen) atoms. The van der Waals surface area contributed by atoms with Gasteiger partial charge >= 0.3 is 0 Å². The fourth-order valence-electron chi connectivity index (χ4n) is 2.15. The minimum absolute atomic E-state index is 0.895. The zero-order valence-electron chi connectivity index (χ0n) is 9.46. The molecule has 0 unspecified atom stereocenters. The van der Waals surface area contributed by atoms with Crippen LogP contribution >= 0.6 is 0 Å². The van der Waals surface area contributed by atoms with Gasteiger partial charge in [-0.3, -0.25) is 5.10 Å². The number of nitrogens with one attached hydrogen (secondary N) is 1. The van der Waals surface area contributed by atoms with Gasteiger partial charge in [0.05, 0.1) is 29.1 Å². The smallest absolute Gasteiger partial charge is 0.0754 e. The maximum Gasteiger partial charge on any atom is 0.0754 e. The molecule has 0 aliphatic rings. The van der Waals surface area contributed by atoms with E-state index in [0.717, 1.165) is 27.5 Å². The number of hydrogen-bond acceptors (Lipinski definition) is 2. The van der Waals surface area contributed by atoms with Crippen LogP contribution in [0.25, 0.3) is 27.5 Å². The van der Waals surface area contributed by atoms with Crippen molar-refractivity contribution in [2.45, 2.75) is 0 Å². The molecule has 0 aliphatic heterocycles. The number of nitrogens with zero attached hydrogens (tertiary/aromatic N) is 3. The predicted molar refractivity (Wildman–Crippen MR) is 69.6 cm³/mol. The Bertz CT molecular complexity index is 841. The monoisotopic (exact) mass is 233 g/mol. The number of H-pyrrole nitrogens is 1. The molecule has 85 valence electrons. The zero-order valence-corrected chi connectivity index (χ0v) is 9.46. The Morgan fingerprint density at radius 3 is 2.94 bits per heavy atom. The highest BCUT2D eigenvalue weighted by Crippen LogP contribution is 2.20. The average molecular weight is 233 g/mol. The summed E-state index contributed by atoms with van der Waals surface area (Å²) in [7, 11) is 0. The van der Waals surface area contributed by atoms with E-state index in [0.29, 0.717) is 0 Å². The maximum atomic E-state index is 4.41. The largest absolute Gasteiger partial charge is 0.277 e. The minimum atomic E-state index is 0.895. The molecule has 0 saturated heterocycles. The summed E-state index contributed by atoms with van der Waals surface area (Å²) in [5.41, 5.74) is 2.88. The predicted octanol–water partition coefficient (Wildman–Crippen LogP) is 2.70. The third kappa shape index (κ3) is 1.26. The van der Waals surface area contributed by atoms with Crippen molar-refractivity contribution in [1.29, 1.82) is 0 Å². The molecule has 1 N–H and O–H groups in total. The van der Waals surface area contributed by atoms with E-state index in [4.69, 9.17) is 0 Å². The summed E-state index contributed by atoms with van der Waals surface area (Å²) >= 11 is 0. The van der Waals surface area contributed by atoms with Gasteiger partial charge in [0, 0.05) is 16.8 Å². The highest BCUT2D eigenvalue weighted by Gasteiger charge is 2.05. The first-order valence-corrected chi connectivity index (χ1v) is 5.70. The molecule has 2 aromatic heterocycles. The summed E-state index contributed by atoms with van der Waals surface area (Å²) in [5.74, 6) is 0. The lowest BCUT2D eigenvalue weighted by Gasteiger charge is -2.02. The zero-order chi connectivity index (χ0) is 11.9. The Kier molecular flexibility index (Phi) is 1.80. The van der Waals surface area contributed by atoms with Crippen LogP contribution in [-0.4, -0.2) is 20.0 Å². The summed E-state index contributed by atoms with van der Waals surface area (Å²) in [6.07, 6.45) is 3.65. The van der Waals surface area contributed by atoms with Crippen LogP contribution in [0.3, 0.4) is 0 Å². The number of hydrogen-bond donors (Lipinski definition) is 1. The highest BCUT2D eigenvalue weighted by molar-refractivity contribution is 5.83. The Hall–Kier alpha value is -2.62. The van der Waals surface area contributed by atoms with Gasteiger partial charge in [0.15, 0.2) is 0 Å². The van der Waals surface area contributed by atoms with Crippen molar-refractivity contribution in [2.24, 2.45) is 0 Å². The summed E-state index contributed by atoms with van der Waals surface area (Å²) < 4.78 is 1.88. The third-order valence-electron chi connectivity index (χ3n) is 3.05. The van der Waals surface area contributed by atoms with Gasteiger partial charge < -0.3 is 0 Å². The van der Waals surface area contributed by atoms with E-state index in [1.165, 1.54) is 0 Å². The van der Waals surface area contributed by atoms with E-state index >= 15 is 0 Å². The summed E-state index contributed by atoms with van der Waals surface area (Å²) in [4.78, 5) is 0. The van der Waals surface area contributed by atoms with Crippen molar-refractivity contribution in [3.8, 4) is 5.69 Å². The lowest BCUT2D eigenvalue weighted by Crippen LogP contribution is -1.95. The first-order valence-electron chi connectivity index (χ1n) is 5.70. The number of rotatable bonds is 1. The Labute approximate surface area is 103 Å². The van der Waals surface area contributed by atoms with Crippen molar-refractivity contribution in [3.63, 3.8) is 0 Å². The van der Waals surface area contributed by atoms with Crippen molar-refractivity contribution in [3.05, 3.63) is 54.9 Å². The topological polar surface area (TPSA) is 46.5 Å². The molecule has 0 spiro atoms. The molecule has 4 rings (SSSR count). The fourth-order valence-corrected chi connectivity index (χ4v) is 2.15. The number of benzene rings is 2. The molecular formula is C14H9N4. The van der Waals surface area contributed by atoms with E-state index < -0.39 is 0 Å². The number of fused-ring (bicyclic) bond motifs is 2. The summed E-state index contributed by atoms with van der Waals surface area (Å²) in [6.45, 7) is 0. The SMILES string of the molecule is [c]1c(-n2ncc3ccccc32)ccc2cn[nH]c12. The normalized spacial score (nSPS) is 11.3. The molecule has 4 heteroatoms. The van der Waals surface area contributed by atoms with Gasteiger partial charge in [0.2, 0.25) is 0 Å². The minimum Gasteiger partial charge on any atom is -0.277 e.